The highest BCUT2D eigenvalue weighted by molar-refractivity contribution is 9.10. The molecule has 1 saturated carbocycles. The Balaban J connectivity index is 2.11. The highest BCUT2D eigenvalue weighted by Crippen LogP contribution is 2.36. The Labute approximate surface area is 99.1 Å². The molecule has 2 nitrogen and oxygen atoms in total. The molecule has 1 aliphatic rings. The first-order valence-corrected chi connectivity index (χ1v) is 6.10. The molecule has 0 saturated heterocycles. The largest absolute Gasteiger partial charge is 0.497 e. The highest BCUT2D eigenvalue weighted by Gasteiger charge is 2.28. The smallest absolute Gasteiger partial charge is 0.121 e. The van der Waals surface area contributed by atoms with Crippen LogP contribution < -0.4 is 10.1 Å². The van der Waals surface area contributed by atoms with Crippen molar-refractivity contribution >= 4 is 21.6 Å². The van der Waals surface area contributed by atoms with Crippen LogP contribution >= 0.6 is 15.9 Å². The van der Waals surface area contributed by atoms with Crippen LogP contribution in [0.3, 0.4) is 0 Å². The maximum Gasteiger partial charge on any atom is 0.121 e. The lowest BCUT2D eigenvalue weighted by molar-refractivity contribution is 0.415. The molecule has 1 aromatic rings. The van der Waals surface area contributed by atoms with Crippen molar-refractivity contribution < 1.29 is 4.74 Å². The second kappa shape index (κ2) is 4.44. The molecule has 0 aromatic heterocycles. The summed E-state index contributed by atoms with van der Waals surface area (Å²) in [7, 11) is 1.69. The summed E-state index contributed by atoms with van der Waals surface area (Å²) in [5.74, 6) is 1.74. The van der Waals surface area contributed by atoms with Gasteiger partial charge in [-0.25, -0.2) is 0 Å². The second-order valence-corrected chi connectivity index (χ2v) is 4.97. The van der Waals surface area contributed by atoms with Crippen LogP contribution in [0.1, 0.15) is 19.8 Å². The Hall–Kier alpha value is -0.700. The molecule has 0 amide bonds. The Morgan fingerprint density at radius 3 is 2.80 bits per heavy atom. The van der Waals surface area contributed by atoms with Crippen LogP contribution in [0.15, 0.2) is 22.7 Å². The van der Waals surface area contributed by atoms with Gasteiger partial charge in [0.1, 0.15) is 5.75 Å². The monoisotopic (exact) mass is 269 g/mol. The minimum absolute atomic E-state index is 0.549. The van der Waals surface area contributed by atoms with Crippen LogP contribution in [0.4, 0.5) is 5.69 Å². The van der Waals surface area contributed by atoms with Crippen LogP contribution in [0, 0.1) is 5.92 Å². The molecule has 15 heavy (non-hydrogen) atoms. The van der Waals surface area contributed by atoms with Crippen molar-refractivity contribution in [2.24, 2.45) is 5.92 Å². The van der Waals surface area contributed by atoms with Crippen LogP contribution in [-0.4, -0.2) is 13.2 Å². The van der Waals surface area contributed by atoms with E-state index in [-0.39, 0.29) is 0 Å². The predicted octanol–water partition coefficient (Wildman–Crippen LogP) is 3.67. The normalized spacial score (nSPS) is 17.3. The Morgan fingerprint density at radius 2 is 2.20 bits per heavy atom. The Morgan fingerprint density at radius 1 is 1.47 bits per heavy atom. The third-order valence-electron chi connectivity index (χ3n) is 2.89. The van der Waals surface area contributed by atoms with Gasteiger partial charge in [-0.3, -0.25) is 0 Å². The fourth-order valence-corrected chi connectivity index (χ4v) is 2.06. The SMILES string of the molecule is COc1ccc(Br)c(NC(C)C2CC2)c1. The Bertz CT molecular complexity index is 349. The molecule has 0 bridgehead atoms. The molecular formula is C12H16BrNO. The molecule has 1 aliphatic carbocycles. The first-order chi connectivity index (χ1) is 7.20. The number of ether oxygens (including phenoxy) is 1. The fourth-order valence-electron chi connectivity index (χ4n) is 1.70. The number of benzene rings is 1. The number of nitrogens with one attached hydrogen (secondary N) is 1. The zero-order chi connectivity index (χ0) is 10.8. The molecular weight excluding hydrogens is 254 g/mol. The molecule has 1 aromatic carbocycles. The van der Waals surface area contributed by atoms with E-state index in [4.69, 9.17) is 4.74 Å². The average Bonchev–Trinajstić information content (AvgIpc) is 3.04. The highest BCUT2D eigenvalue weighted by atomic mass is 79.9. The molecule has 3 heteroatoms. The van der Waals surface area contributed by atoms with E-state index < -0.39 is 0 Å². The third-order valence-corrected chi connectivity index (χ3v) is 3.58. The van der Waals surface area contributed by atoms with Crippen molar-refractivity contribution in [3.05, 3.63) is 22.7 Å². The average molecular weight is 270 g/mol. The molecule has 1 N–H and O–H groups in total. The summed E-state index contributed by atoms with van der Waals surface area (Å²) in [5.41, 5.74) is 1.12. The number of methoxy groups -OCH3 is 1. The molecule has 0 spiro atoms. The molecule has 1 fully saturated rings. The number of halogens is 1. The van der Waals surface area contributed by atoms with Gasteiger partial charge in [-0.1, -0.05) is 0 Å². The maximum atomic E-state index is 5.21. The van der Waals surface area contributed by atoms with Gasteiger partial charge in [0.05, 0.1) is 12.8 Å². The minimum atomic E-state index is 0.549. The van der Waals surface area contributed by atoms with Crippen LogP contribution in [0.2, 0.25) is 0 Å². The quantitative estimate of drug-likeness (QED) is 0.901. The van der Waals surface area contributed by atoms with E-state index in [1.54, 1.807) is 7.11 Å². The first-order valence-electron chi connectivity index (χ1n) is 5.31. The summed E-state index contributed by atoms with van der Waals surface area (Å²) in [5, 5.41) is 3.52. The zero-order valence-electron chi connectivity index (χ0n) is 9.09. The van der Waals surface area contributed by atoms with Gasteiger partial charge in [0.25, 0.3) is 0 Å². The van der Waals surface area contributed by atoms with E-state index >= 15 is 0 Å². The van der Waals surface area contributed by atoms with Crippen molar-refractivity contribution in [1.29, 1.82) is 0 Å². The van der Waals surface area contributed by atoms with Crippen molar-refractivity contribution in [2.45, 2.75) is 25.8 Å². The molecule has 2 rings (SSSR count). The van der Waals surface area contributed by atoms with Gasteiger partial charge in [0.2, 0.25) is 0 Å². The fraction of sp³-hybridized carbons (Fsp3) is 0.500. The van der Waals surface area contributed by atoms with Crippen molar-refractivity contribution in [2.75, 3.05) is 12.4 Å². The van der Waals surface area contributed by atoms with Crippen molar-refractivity contribution in [1.82, 2.24) is 0 Å². The summed E-state index contributed by atoms with van der Waals surface area (Å²) >= 11 is 3.54. The van der Waals surface area contributed by atoms with Crippen LogP contribution in [0.5, 0.6) is 5.75 Å². The summed E-state index contributed by atoms with van der Waals surface area (Å²) in [6.07, 6.45) is 2.71. The number of hydrogen-bond acceptors (Lipinski definition) is 2. The first kappa shape index (κ1) is 10.8. The van der Waals surface area contributed by atoms with Gasteiger partial charge < -0.3 is 10.1 Å². The summed E-state index contributed by atoms with van der Waals surface area (Å²) in [6.45, 7) is 2.24. The van der Waals surface area contributed by atoms with Gasteiger partial charge in [-0.2, -0.15) is 0 Å². The number of rotatable bonds is 4. The summed E-state index contributed by atoms with van der Waals surface area (Å²) in [4.78, 5) is 0. The Kier molecular flexibility index (Phi) is 3.19. The molecule has 82 valence electrons. The lowest BCUT2D eigenvalue weighted by Crippen LogP contribution is -2.17. The van der Waals surface area contributed by atoms with Gasteiger partial charge in [0, 0.05) is 16.6 Å². The van der Waals surface area contributed by atoms with Crippen LogP contribution in [-0.2, 0) is 0 Å². The lowest BCUT2D eigenvalue weighted by atomic mass is 10.2. The van der Waals surface area contributed by atoms with E-state index in [1.165, 1.54) is 12.8 Å². The molecule has 1 atom stereocenters. The molecule has 0 radical (unpaired) electrons. The number of hydrogen-bond donors (Lipinski definition) is 1. The van der Waals surface area contributed by atoms with Gasteiger partial charge >= 0.3 is 0 Å². The van der Waals surface area contributed by atoms with Gasteiger partial charge in [-0.05, 0) is 53.7 Å². The van der Waals surface area contributed by atoms with Gasteiger partial charge in [-0.15, -0.1) is 0 Å². The van der Waals surface area contributed by atoms with Gasteiger partial charge in [0.15, 0.2) is 0 Å². The van der Waals surface area contributed by atoms with E-state index in [1.807, 2.05) is 18.2 Å². The van der Waals surface area contributed by atoms with E-state index in [0.29, 0.717) is 6.04 Å². The second-order valence-electron chi connectivity index (χ2n) is 4.12. The minimum Gasteiger partial charge on any atom is -0.497 e. The molecule has 0 heterocycles. The third kappa shape index (κ3) is 2.65. The summed E-state index contributed by atoms with van der Waals surface area (Å²) < 4.78 is 6.30. The zero-order valence-corrected chi connectivity index (χ0v) is 10.7. The maximum absolute atomic E-state index is 5.21. The van der Waals surface area contributed by atoms with Crippen molar-refractivity contribution in [3.8, 4) is 5.75 Å². The van der Waals surface area contributed by atoms with Crippen molar-refractivity contribution in [3.63, 3.8) is 0 Å². The standard InChI is InChI=1S/C12H16BrNO/c1-8(9-3-4-9)14-12-7-10(15-2)5-6-11(12)13/h5-9,14H,3-4H2,1-2H3. The topological polar surface area (TPSA) is 21.3 Å². The van der Waals surface area contributed by atoms with Crippen LogP contribution in [0.25, 0.3) is 0 Å². The molecule has 0 aliphatic heterocycles. The predicted molar refractivity (Wildman–Crippen MR) is 66.5 cm³/mol. The summed E-state index contributed by atoms with van der Waals surface area (Å²) in [6, 6.07) is 6.55. The van der Waals surface area contributed by atoms with E-state index in [0.717, 1.165) is 21.8 Å². The van der Waals surface area contributed by atoms with E-state index in [2.05, 4.69) is 28.2 Å². The lowest BCUT2D eigenvalue weighted by Gasteiger charge is -2.16. The van der Waals surface area contributed by atoms with E-state index in [9.17, 15) is 0 Å². The molecule has 1 unspecified atom stereocenters. The number of anilines is 1.